The first-order chi connectivity index (χ1) is 9.81. The van der Waals surface area contributed by atoms with E-state index in [1.54, 1.807) is 6.26 Å². The van der Waals surface area contributed by atoms with Crippen LogP contribution < -0.4 is 5.32 Å². The maximum Gasteiger partial charge on any atom is 0.219 e. The zero-order chi connectivity index (χ0) is 16.1. The molecule has 0 saturated carbocycles. The van der Waals surface area contributed by atoms with Gasteiger partial charge in [-0.2, -0.15) is 12.6 Å². The largest absolute Gasteiger partial charge is 0.356 e. The van der Waals surface area contributed by atoms with Gasteiger partial charge >= 0.3 is 0 Å². The number of thiol groups is 1. The standard InChI is InChI=1S/C14H29NO.C2H6.CH4S/c1-3-5-7-8-9-11-13-15-14(16)12-10-6-4-2;2*1-2/h3-13H2,1-2H3,(H,15,16);1-2H3;2H,1H3. The molecule has 0 aliphatic heterocycles. The summed E-state index contributed by atoms with van der Waals surface area (Å²) in [5, 5.41) is 2.99. The Hall–Kier alpha value is -0.180. The predicted octanol–water partition coefficient (Wildman–Crippen LogP) is 5.62. The first-order valence-electron chi connectivity index (χ1n) is 8.52. The second-order valence-electron chi connectivity index (χ2n) is 4.57. The van der Waals surface area contributed by atoms with Crippen molar-refractivity contribution < 1.29 is 4.79 Å². The van der Waals surface area contributed by atoms with Crippen molar-refractivity contribution in [3.63, 3.8) is 0 Å². The van der Waals surface area contributed by atoms with Gasteiger partial charge < -0.3 is 5.32 Å². The lowest BCUT2D eigenvalue weighted by Crippen LogP contribution is -2.23. The number of hydrogen-bond acceptors (Lipinski definition) is 2. The number of rotatable bonds is 11. The van der Waals surface area contributed by atoms with Crippen molar-refractivity contribution in [3.8, 4) is 0 Å². The van der Waals surface area contributed by atoms with Gasteiger partial charge in [0.05, 0.1) is 0 Å². The average molecular weight is 306 g/mol. The Kier molecular flexibility index (Phi) is 33.8. The highest BCUT2D eigenvalue weighted by Gasteiger charge is 1.99. The van der Waals surface area contributed by atoms with E-state index in [2.05, 4.69) is 31.8 Å². The second-order valence-corrected chi connectivity index (χ2v) is 4.57. The maximum atomic E-state index is 11.3. The molecule has 2 nitrogen and oxygen atoms in total. The molecule has 0 unspecified atom stereocenters. The van der Waals surface area contributed by atoms with Crippen molar-refractivity contribution in [2.24, 2.45) is 0 Å². The van der Waals surface area contributed by atoms with Gasteiger partial charge in [-0.25, -0.2) is 0 Å². The highest BCUT2D eigenvalue weighted by atomic mass is 32.1. The van der Waals surface area contributed by atoms with Gasteiger partial charge in [-0.15, -0.1) is 0 Å². The smallest absolute Gasteiger partial charge is 0.219 e. The van der Waals surface area contributed by atoms with Gasteiger partial charge in [-0.1, -0.05) is 72.6 Å². The first kappa shape index (κ1) is 24.8. The molecule has 0 atom stereocenters. The molecule has 3 heteroatoms. The highest BCUT2D eigenvalue weighted by Crippen LogP contribution is 2.04. The molecule has 0 spiro atoms. The zero-order valence-electron chi connectivity index (χ0n) is 14.6. The average Bonchev–Trinajstić information content (AvgIpc) is 2.51. The van der Waals surface area contributed by atoms with Gasteiger partial charge in [0.15, 0.2) is 0 Å². The number of carbonyl (C=O) groups is 1. The molecule has 0 aromatic rings. The predicted molar refractivity (Wildman–Crippen MR) is 96.8 cm³/mol. The molecule has 0 saturated heterocycles. The van der Waals surface area contributed by atoms with Crippen molar-refractivity contribution in [1.29, 1.82) is 0 Å². The Bertz CT molecular complexity index is 163. The zero-order valence-corrected chi connectivity index (χ0v) is 15.5. The summed E-state index contributed by atoms with van der Waals surface area (Å²) in [4.78, 5) is 11.3. The Morgan fingerprint density at radius 2 is 1.25 bits per heavy atom. The van der Waals surface area contributed by atoms with Crippen LogP contribution in [0.3, 0.4) is 0 Å². The topological polar surface area (TPSA) is 29.1 Å². The van der Waals surface area contributed by atoms with E-state index in [0.29, 0.717) is 6.42 Å². The second kappa shape index (κ2) is 27.2. The lowest BCUT2D eigenvalue weighted by molar-refractivity contribution is -0.121. The number of nitrogens with one attached hydrogen (secondary N) is 1. The van der Waals surface area contributed by atoms with Crippen molar-refractivity contribution in [2.45, 2.75) is 91.9 Å². The summed E-state index contributed by atoms with van der Waals surface area (Å²) in [5.41, 5.74) is 0. The lowest BCUT2D eigenvalue weighted by atomic mass is 10.1. The van der Waals surface area contributed by atoms with Crippen LogP contribution in [0.25, 0.3) is 0 Å². The van der Waals surface area contributed by atoms with Crippen LogP contribution in [0.15, 0.2) is 0 Å². The molecule has 0 bridgehead atoms. The van der Waals surface area contributed by atoms with Gasteiger partial charge in [-0.05, 0) is 19.1 Å². The molecule has 0 heterocycles. The number of hydrogen-bond donors (Lipinski definition) is 2. The van der Waals surface area contributed by atoms with Gasteiger partial charge in [0.25, 0.3) is 0 Å². The molecule has 1 N–H and O–H groups in total. The normalized spacial score (nSPS) is 8.90. The van der Waals surface area contributed by atoms with Crippen molar-refractivity contribution in [3.05, 3.63) is 0 Å². The van der Waals surface area contributed by atoms with Crippen LogP contribution in [0.4, 0.5) is 0 Å². The highest BCUT2D eigenvalue weighted by molar-refractivity contribution is 7.79. The summed E-state index contributed by atoms with van der Waals surface area (Å²) in [6.45, 7) is 9.27. The molecule has 0 aromatic heterocycles. The number of unbranched alkanes of at least 4 members (excludes halogenated alkanes) is 7. The summed E-state index contributed by atoms with van der Waals surface area (Å²) < 4.78 is 0. The van der Waals surface area contributed by atoms with Crippen LogP contribution in [0.1, 0.15) is 91.9 Å². The van der Waals surface area contributed by atoms with E-state index in [9.17, 15) is 4.79 Å². The Morgan fingerprint density at radius 1 is 0.800 bits per heavy atom. The molecule has 20 heavy (non-hydrogen) atoms. The fourth-order valence-corrected chi connectivity index (χ4v) is 1.76. The SMILES string of the molecule is CC.CCCCCCCCNC(=O)CCCCC.CS. The quantitative estimate of drug-likeness (QED) is 0.377. The first-order valence-corrected chi connectivity index (χ1v) is 9.42. The fraction of sp³-hybridized carbons (Fsp3) is 0.941. The molecule has 0 fully saturated rings. The van der Waals surface area contributed by atoms with E-state index in [-0.39, 0.29) is 5.91 Å². The maximum absolute atomic E-state index is 11.3. The molecule has 124 valence electrons. The fourth-order valence-electron chi connectivity index (χ4n) is 1.76. The minimum atomic E-state index is 0.238. The molecule has 1 amide bonds. The molecular formula is C17H39NOS. The van der Waals surface area contributed by atoms with Crippen LogP contribution in [0, 0.1) is 0 Å². The van der Waals surface area contributed by atoms with E-state index in [1.165, 1.54) is 44.9 Å². The van der Waals surface area contributed by atoms with Crippen LogP contribution in [0.5, 0.6) is 0 Å². The van der Waals surface area contributed by atoms with Crippen LogP contribution in [-0.4, -0.2) is 18.7 Å². The molecule has 0 rings (SSSR count). The van der Waals surface area contributed by atoms with Gasteiger partial charge in [0.2, 0.25) is 5.91 Å². The molecular weight excluding hydrogens is 266 g/mol. The third-order valence-corrected chi connectivity index (χ3v) is 2.86. The van der Waals surface area contributed by atoms with Crippen molar-refractivity contribution in [1.82, 2.24) is 5.32 Å². The van der Waals surface area contributed by atoms with E-state index in [1.807, 2.05) is 13.8 Å². The van der Waals surface area contributed by atoms with Gasteiger partial charge in [0.1, 0.15) is 0 Å². The van der Waals surface area contributed by atoms with Gasteiger partial charge in [0, 0.05) is 13.0 Å². The van der Waals surface area contributed by atoms with E-state index in [0.717, 1.165) is 19.4 Å². The molecule has 0 radical (unpaired) electrons. The summed E-state index contributed by atoms with van der Waals surface area (Å²) in [6.07, 6.45) is 13.5. The van der Waals surface area contributed by atoms with Crippen LogP contribution in [-0.2, 0) is 4.79 Å². The monoisotopic (exact) mass is 305 g/mol. The Labute approximate surface area is 133 Å². The minimum Gasteiger partial charge on any atom is -0.356 e. The molecule has 0 aliphatic carbocycles. The van der Waals surface area contributed by atoms with Gasteiger partial charge in [-0.3, -0.25) is 4.79 Å². The summed E-state index contributed by atoms with van der Waals surface area (Å²) in [5.74, 6) is 0.238. The third kappa shape index (κ3) is 26.4. The third-order valence-electron chi connectivity index (χ3n) is 2.86. The summed E-state index contributed by atoms with van der Waals surface area (Å²) >= 11 is 3.53. The van der Waals surface area contributed by atoms with E-state index < -0.39 is 0 Å². The molecule has 0 aromatic carbocycles. The van der Waals surface area contributed by atoms with Crippen LogP contribution in [0.2, 0.25) is 0 Å². The van der Waals surface area contributed by atoms with E-state index >= 15 is 0 Å². The summed E-state index contributed by atoms with van der Waals surface area (Å²) in [7, 11) is 0. The Morgan fingerprint density at radius 3 is 1.80 bits per heavy atom. The Balaban J connectivity index is -0.000000656. The minimum absolute atomic E-state index is 0.238. The summed E-state index contributed by atoms with van der Waals surface area (Å²) in [6, 6.07) is 0. The number of carbonyl (C=O) groups excluding carboxylic acids is 1. The van der Waals surface area contributed by atoms with E-state index in [4.69, 9.17) is 0 Å². The van der Waals surface area contributed by atoms with Crippen molar-refractivity contribution in [2.75, 3.05) is 12.8 Å². The van der Waals surface area contributed by atoms with Crippen molar-refractivity contribution >= 4 is 18.5 Å². The number of amides is 1. The lowest BCUT2D eigenvalue weighted by Gasteiger charge is -2.04. The van der Waals surface area contributed by atoms with Crippen LogP contribution >= 0.6 is 12.6 Å². The molecule has 0 aliphatic rings.